The van der Waals surface area contributed by atoms with Crippen LogP contribution in [0.25, 0.3) is 0 Å². The average molecular weight is 189 g/mol. The fourth-order valence-corrected chi connectivity index (χ4v) is 1.08. The van der Waals surface area contributed by atoms with Crippen LogP contribution in [0.5, 0.6) is 0 Å². The highest BCUT2D eigenvalue weighted by molar-refractivity contribution is 4.66. The molecule has 0 heterocycles. The lowest BCUT2D eigenvalue weighted by Crippen LogP contribution is -2.35. The van der Waals surface area contributed by atoms with E-state index in [0.717, 1.165) is 13.2 Å². The maximum absolute atomic E-state index is 5.46. The van der Waals surface area contributed by atoms with Gasteiger partial charge in [-0.1, -0.05) is 13.8 Å². The van der Waals surface area contributed by atoms with E-state index in [9.17, 15) is 0 Å². The molecule has 0 rings (SSSR count). The van der Waals surface area contributed by atoms with Gasteiger partial charge in [-0.3, -0.25) is 0 Å². The molecule has 0 aromatic carbocycles. The van der Waals surface area contributed by atoms with Gasteiger partial charge in [-0.2, -0.15) is 0 Å². The average Bonchev–Trinajstić information content (AvgIpc) is 2.10. The van der Waals surface area contributed by atoms with Crippen molar-refractivity contribution in [2.45, 2.75) is 26.8 Å². The van der Waals surface area contributed by atoms with Crippen molar-refractivity contribution in [3.8, 4) is 0 Å². The Morgan fingerprint density at radius 3 is 2.23 bits per heavy atom. The first-order valence-electron chi connectivity index (χ1n) is 5.05. The molecule has 1 unspecified atom stereocenters. The van der Waals surface area contributed by atoms with Crippen molar-refractivity contribution in [3.63, 3.8) is 0 Å². The lowest BCUT2D eigenvalue weighted by atomic mass is 10.1. The molecule has 0 aliphatic heterocycles. The summed E-state index contributed by atoms with van der Waals surface area (Å²) in [4.78, 5) is 0. The van der Waals surface area contributed by atoms with Crippen molar-refractivity contribution >= 4 is 0 Å². The molecule has 0 amide bonds. The minimum absolute atomic E-state index is 0.446. The Balaban J connectivity index is 3.28. The Morgan fingerprint density at radius 2 is 1.77 bits per heavy atom. The second-order valence-electron chi connectivity index (χ2n) is 3.41. The number of hydrogen-bond donors (Lipinski definition) is 1. The molecule has 0 fully saturated rings. The lowest BCUT2D eigenvalue weighted by Gasteiger charge is -2.19. The summed E-state index contributed by atoms with van der Waals surface area (Å²) in [6.07, 6.45) is 0. The molecular weight excluding hydrogens is 166 g/mol. The second kappa shape index (κ2) is 8.48. The number of nitrogens with one attached hydrogen (secondary N) is 1. The predicted molar refractivity (Wildman–Crippen MR) is 55.0 cm³/mol. The third-order valence-corrected chi connectivity index (χ3v) is 2.05. The number of rotatable bonds is 8. The summed E-state index contributed by atoms with van der Waals surface area (Å²) >= 11 is 0. The third kappa shape index (κ3) is 6.99. The van der Waals surface area contributed by atoms with E-state index in [1.54, 1.807) is 0 Å². The van der Waals surface area contributed by atoms with Gasteiger partial charge in [-0.05, 0) is 19.9 Å². The van der Waals surface area contributed by atoms with Gasteiger partial charge in [0.2, 0.25) is 0 Å². The minimum atomic E-state index is 0.446. The second-order valence-corrected chi connectivity index (χ2v) is 3.41. The third-order valence-electron chi connectivity index (χ3n) is 2.05. The monoisotopic (exact) mass is 189 g/mol. The molecule has 0 aliphatic carbocycles. The maximum atomic E-state index is 5.46. The summed E-state index contributed by atoms with van der Waals surface area (Å²) in [6.45, 7) is 9.29. The Labute approximate surface area is 81.8 Å². The topological polar surface area (TPSA) is 30.5 Å². The van der Waals surface area contributed by atoms with E-state index in [1.807, 2.05) is 14.0 Å². The first-order valence-corrected chi connectivity index (χ1v) is 5.05. The van der Waals surface area contributed by atoms with E-state index in [1.165, 1.54) is 0 Å². The van der Waals surface area contributed by atoms with Crippen molar-refractivity contribution in [3.05, 3.63) is 0 Å². The number of hydrogen-bond acceptors (Lipinski definition) is 3. The van der Waals surface area contributed by atoms with Crippen LogP contribution in [0.2, 0.25) is 0 Å². The summed E-state index contributed by atoms with van der Waals surface area (Å²) in [7, 11) is 1.97. The van der Waals surface area contributed by atoms with Gasteiger partial charge in [0.15, 0.2) is 0 Å². The Bertz CT molecular complexity index is 107. The van der Waals surface area contributed by atoms with Gasteiger partial charge in [0.1, 0.15) is 0 Å². The van der Waals surface area contributed by atoms with Crippen LogP contribution in [0.1, 0.15) is 20.8 Å². The quantitative estimate of drug-likeness (QED) is 0.584. The molecule has 0 aromatic rings. The van der Waals surface area contributed by atoms with Crippen LogP contribution in [-0.4, -0.2) is 39.5 Å². The zero-order valence-corrected chi connectivity index (χ0v) is 9.30. The summed E-state index contributed by atoms with van der Waals surface area (Å²) in [5, 5.41) is 3.23. The van der Waals surface area contributed by atoms with E-state index in [2.05, 4.69) is 19.2 Å². The predicted octanol–water partition coefficient (Wildman–Crippen LogP) is 1.28. The molecule has 0 saturated carbocycles. The van der Waals surface area contributed by atoms with E-state index < -0.39 is 0 Å². The summed E-state index contributed by atoms with van der Waals surface area (Å²) in [6, 6.07) is 0.446. The van der Waals surface area contributed by atoms with Crippen molar-refractivity contribution in [2.24, 2.45) is 5.92 Å². The lowest BCUT2D eigenvalue weighted by molar-refractivity contribution is 0.0391. The molecular formula is C10H23NO2. The number of likely N-dealkylation sites (N-methyl/N-ethyl adjacent to an activating group) is 1. The van der Waals surface area contributed by atoms with Crippen LogP contribution in [0, 0.1) is 5.92 Å². The van der Waals surface area contributed by atoms with E-state index in [0.29, 0.717) is 25.2 Å². The molecule has 0 spiro atoms. The van der Waals surface area contributed by atoms with Gasteiger partial charge in [0.05, 0.1) is 19.8 Å². The molecule has 0 aliphatic rings. The zero-order chi connectivity index (χ0) is 10.1. The van der Waals surface area contributed by atoms with Crippen LogP contribution in [0.15, 0.2) is 0 Å². The summed E-state index contributed by atoms with van der Waals surface area (Å²) in [5.74, 6) is 0.608. The normalized spacial score (nSPS) is 13.6. The van der Waals surface area contributed by atoms with E-state index >= 15 is 0 Å². The molecule has 3 nitrogen and oxygen atoms in total. The van der Waals surface area contributed by atoms with Crippen LogP contribution in [0.3, 0.4) is 0 Å². The van der Waals surface area contributed by atoms with Gasteiger partial charge in [-0.25, -0.2) is 0 Å². The van der Waals surface area contributed by atoms with Crippen molar-refractivity contribution in [1.29, 1.82) is 0 Å². The Kier molecular flexibility index (Phi) is 8.40. The van der Waals surface area contributed by atoms with Crippen LogP contribution >= 0.6 is 0 Å². The van der Waals surface area contributed by atoms with Gasteiger partial charge in [0.25, 0.3) is 0 Å². The number of ether oxygens (including phenoxy) is 2. The molecule has 3 heteroatoms. The molecule has 0 bridgehead atoms. The molecule has 80 valence electrons. The first kappa shape index (κ1) is 12.9. The zero-order valence-electron chi connectivity index (χ0n) is 9.30. The fraction of sp³-hybridized carbons (Fsp3) is 1.00. The van der Waals surface area contributed by atoms with Crippen LogP contribution in [-0.2, 0) is 9.47 Å². The van der Waals surface area contributed by atoms with Crippen molar-refractivity contribution in [2.75, 3.05) is 33.5 Å². The van der Waals surface area contributed by atoms with Crippen LogP contribution < -0.4 is 5.32 Å². The van der Waals surface area contributed by atoms with Crippen molar-refractivity contribution < 1.29 is 9.47 Å². The van der Waals surface area contributed by atoms with E-state index in [4.69, 9.17) is 9.47 Å². The van der Waals surface area contributed by atoms with Gasteiger partial charge in [0, 0.05) is 12.6 Å². The molecule has 13 heavy (non-hydrogen) atoms. The van der Waals surface area contributed by atoms with Crippen LogP contribution in [0.4, 0.5) is 0 Å². The highest BCUT2D eigenvalue weighted by Crippen LogP contribution is 2.00. The van der Waals surface area contributed by atoms with Gasteiger partial charge >= 0.3 is 0 Å². The Morgan fingerprint density at radius 1 is 1.15 bits per heavy atom. The highest BCUT2D eigenvalue weighted by Gasteiger charge is 2.09. The Hall–Kier alpha value is -0.120. The smallest absolute Gasteiger partial charge is 0.0701 e. The largest absolute Gasteiger partial charge is 0.379 e. The maximum Gasteiger partial charge on any atom is 0.0701 e. The van der Waals surface area contributed by atoms with Gasteiger partial charge < -0.3 is 14.8 Å². The summed E-state index contributed by atoms with van der Waals surface area (Å²) < 4.78 is 10.6. The minimum Gasteiger partial charge on any atom is -0.379 e. The van der Waals surface area contributed by atoms with Crippen molar-refractivity contribution in [1.82, 2.24) is 5.32 Å². The highest BCUT2D eigenvalue weighted by atomic mass is 16.5. The standard InChI is InChI=1S/C10H23NO2/c1-5-12-6-7-13-8-10(11-4)9(2)3/h9-11H,5-8H2,1-4H3. The first-order chi connectivity index (χ1) is 6.22. The van der Waals surface area contributed by atoms with Gasteiger partial charge in [-0.15, -0.1) is 0 Å². The SMILES string of the molecule is CCOCCOCC(NC)C(C)C. The molecule has 1 atom stereocenters. The molecule has 0 aromatic heterocycles. The fourth-order valence-electron chi connectivity index (χ4n) is 1.08. The summed E-state index contributed by atoms with van der Waals surface area (Å²) in [5.41, 5.74) is 0. The van der Waals surface area contributed by atoms with E-state index in [-0.39, 0.29) is 0 Å². The molecule has 0 saturated heterocycles. The molecule has 1 N–H and O–H groups in total. The molecule has 0 radical (unpaired) electrons.